The average molecular weight is 264 g/mol. The Morgan fingerprint density at radius 3 is 2.58 bits per heavy atom. The first kappa shape index (κ1) is 13.1. The predicted molar refractivity (Wildman–Crippen MR) is 69.8 cm³/mol. The molecule has 0 aromatic carbocycles. The topological polar surface area (TPSA) is 92.9 Å². The third-order valence-electron chi connectivity index (χ3n) is 2.99. The number of aryl methyl sites for hydroxylation is 2. The van der Waals surface area contributed by atoms with E-state index in [2.05, 4.69) is 10.1 Å². The summed E-state index contributed by atoms with van der Waals surface area (Å²) in [7, 11) is 1.73. The van der Waals surface area contributed by atoms with Crippen LogP contribution in [0.25, 0.3) is 5.69 Å². The van der Waals surface area contributed by atoms with E-state index in [0.29, 0.717) is 24.2 Å². The average Bonchev–Trinajstić information content (AvgIpc) is 2.70. The second-order valence-corrected chi connectivity index (χ2v) is 4.24. The zero-order valence-electron chi connectivity index (χ0n) is 11.1. The zero-order valence-corrected chi connectivity index (χ0v) is 11.1. The summed E-state index contributed by atoms with van der Waals surface area (Å²) in [6, 6.07) is 0. The maximum atomic E-state index is 11.9. The Bertz CT molecular complexity index is 724. The van der Waals surface area contributed by atoms with E-state index in [0.717, 1.165) is 4.57 Å². The van der Waals surface area contributed by atoms with Gasteiger partial charge in [-0.2, -0.15) is 5.10 Å². The first-order chi connectivity index (χ1) is 8.99. The lowest BCUT2D eigenvalue weighted by molar-refractivity contribution is 0.423. The normalized spacial score (nSPS) is 10.9. The summed E-state index contributed by atoms with van der Waals surface area (Å²) in [5.74, 6) is -0.320. The first-order valence-electron chi connectivity index (χ1n) is 6.09. The van der Waals surface area contributed by atoms with Gasteiger partial charge in [-0.05, 0) is 12.8 Å². The minimum atomic E-state index is -0.664. The Morgan fingerprint density at radius 1 is 1.32 bits per heavy atom. The van der Waals surface area contributed by atoms with Gasteiger partial charge in [-0.3, -0.25) is 14.5 Å². The van der Waals surface area contributed by atoms with Gasteiger partial charge in [-0.15, -0.1) is 0 Å². The number of aromatic amines is 1. The van der Waals surface area contributed by atoms with Gasteiger partial charge in [-0.25, -0.2) is 9.36 Å². The van der Waals surface area contributed by atoms with Gasteiger partial charge in [0.25, 0.3) is 5.56 Å². The zero-order chi connectivity index (χ0) is 14.2. The summed E-state index contributed by atoms with van der Waals surface area (Å²) in [4.78, 5) is 25.7. The van der Waals surface area contributed by atoms with Crippen molar-refractivity contribution in [2.24, 2.45) is 7.05 Å². The van der Waals surface area contributed by atoms with Crippen molar-refractivity contribution in [2.75, 3.05) is 0 Å². The summed E-state index contributed by atoms with van der Waals surface area (Å²) in [5, 5.41) is 14.4. The van der Waals surface area contributed by atoms with Crippen molar-refractivity contribution in [3.05, 3.63) is 38.3 Å². The summed E-state index contributed by atoms with van der Waals surface area (Å²) < 4.78 is 2.66. The molecule has 2 rings (SSSR count). The van der Waals surface area contributed by atoms with E-state index in [1.165, 1.54) is 0 Å². The predicted octanol–water partition coefficient (Wildman–Crippen LogP) is 0.0897. The van der Waals surface area contributed by atoms with E-state index >= 15 is 0 Å². The van der Waals surface area contributed by atoms with E-state index in [1.807, 2.05) is 6.92 Å². The fourth-order valence-electron chi connectivity index (χ4n) is 2.06. The van der Waals surface area contributed by atoms with Crippen LogP contribution in [0.1, 0.15) is 25.1 Å². The van der Waals surface area contributed by atoms with Gasteiger partial charge in [0.2, 0.25) is 5.88 Å². The molecule has 0 fully saturated rings. The minimum absolute atomic E-state index is 0.186. The van der Waals surface area contributed by atoms with Gasteiger partial charge in [0.15, 0.2) is 0 Å². The number of rotatable bonds is 3. The molecule has 0 saturated heterocycles. The third kappa shape index (κ3) is 2.07. The number of H-pyrrole nitrogens is 1. The van der Waals surface area contributed by atoms with Crippen molar-refractivity contribution in [2.45, 2.75) is 26.7 Å². The van der Waals surface area contributed by atoms with Gasteiger partial charge in [0.1, 0.15) is 0 Å². The second-order valence-electron chi connectivity index (χ2n) is 4.24. The maximum absolute atomic E-state index is 11.9. The largest absolute Gasteiger partial charge is 0.494 e. The Morgan fingerprint density at radius 2 is 2.00 bits per heavy atom. The molecule has 2 aromatic heterocycles. The lowest BCUT2D eigenvalue weighted by atomic mass is 10.2. The molecule has 0 spiro atoms. The summed E-state index contributed by atoms with van der Waals surface area (Å²) in [6.45, 7) is 3.64. The number of nitrogens with one attached hydrogen (secondary N) is 1. The molecule has 7 nitrogen and oxygen atoms in total. The standard InChI is InChI=1S/C12H16N4O3/c1-4-7-10(17)13-12(19)16(11(7)18)9-6-15(3)14-8(9)5-2/h6,18H,4-5H2,1-3H3,(H,13,17,19). The van der Waals surface area contributed by atoms with Crippen LogP contribution in [0, 0.1) is 0 Å². The molecule has 0 atom stereocenters. The van der Waals surface area contributed by atoms with Gasteiger partial charge in [-0.1, -0.05) is 13.8 Å². The van der Waals surface area contributed by atoms with Crippen LogP contribution in [0.3, 0.4) is 0 Å². The summed E-state index contributed by atoms with van der Waals surface area (Å²) >= 11 is 0. The molecular formula is C12H16N4O3. The van der Waals surface area contributed by atoms with Crippen molar-refractivity contribution in [3.63, 3.8) is 0 Å². The lowest BCUT2D eigenvalue weighted by Gasteiger charge is -2.09. The van der Waals surface area contributed by atoms with Crippen molar-refractivity contribution >= 4 is 0 Å². The number of aromatic nitrogens is 4. The van der Waals surface area contributed by atoms with Crippen LogP contribution in [0.4, 0.5) is 0 Å². The van der Waals surface area contributed by atoms with Crippen molar-refractivity contribution in [1.82, 2.24) is 19.3 Å². The van der Waals surface area contributed by atoms with E-state index < -0.39 is 11.2 Å². The van der Waals surface area contributed by atoms with E-state index in [4.69, 9.17) is 0 Å². The van der Waals surface area contributed by atoms with Crippen LogP contribution in [0.5, 0.6) is 5.88 Å². The molecule has 0 saturated carbocycles. The summed E-state index contributed by atoms with van der Waals surface area (Å²) in [5.41, 5.74) is 0.128. The summed E-state index contributed by atoms with van der Waals surface area (Å²) in [6.07, 6.45) is 2.59. The van der Waals surface area contributed by atoms with Gasteiger partial charge in [0, 0.05) is 13.2 Å². The molecule has 0 bridgehead atoms. The van der Waals surface area contributed by atoms with Crippen LogP contribution in [-0.4, -0.2) is 24.4 Å². The molecule has 0 amide bonds. The van der Waals surface area contributed by atoms with E-state index in [1.54, 1.807) is 24.9 Å². The molecule has 0 radical (unpaired) electrons. The highest BCUT2D eigenvalue weighted by Gasteiger charge is 2.17. The number of hydrogen-bond acceptors (Lipinski definition) is 4. The molecule has 7 heteroatoms. The quantitative estimate of drug-likeness (QED) is 0.821. The number of hydrogen-bond donors (Lipinski definition) is 2. The lowest BCUT2D eigenvalue weighted by Crippen LogP contribution is -2.31. The van der Waals surface area contributed by atoms with Crippen molar-refractivity contribution < 1.29 is 5.11 Å². The van der Waals surface area contributed by atoms with Crippen LogP contribution < -0.4 is 11.2 Å². The van der Waals surface area contributed by atoms with Crippen LogP contribution in [0.2, 0.25) is 0 Å². The first-order valence-corrected chi connectivity index (χ1v) is 6.09. The maximum Gasteiger partial charge on any atom is 0.335 e. The Hall–Kier alpha value is -2.31. The third-order valence-corrected chi connectivity index (χ3v) is 2.99. The van der Waals surface area contributed by atoms with Crippen LogP contribution in [-0.2, 0) is 19.9 Å². The molecule has 2 N–H and O–H groups in total. The molecule has 2 aromatic rings. The molecule has 0 aliphatic carbocycles. The van der Waals surface area contributed by atoms with Crippen LogP contribution in [0.15, 0.2) is 15.8 Å². The molecule has 19 heavy (non-hydrogen) atoms. The molecule has 0 unspecified atom stereocenters. The van der Waals surface area contributed by atoms with Gasteiger partial charge >= 0.3 is 5.69 Å². The highest BCUT2D eigenvalue weighted by Crippen LogP contribution is 2.19. The molecular weight excluding hydrogens is 248 g/mol. The Balaban J connectivity index is 2.82. The highest BCUT2D eigenvalue weighted by molar-refractivity contribution is 5.40. The SMILES string of the molecule is CCc1nn(C)cc1-n1c(O)c(CC)c(=O)[nH]c1=O. The molecule has 2 heterocycles. The van der Waals surface area contributed by atoms with E-state index in [9.17, 15) is 14.7 Å². The number of nitrogens with zero attached hydrogens (tertiary/aromatic N) is 3. The smallest absolute Gasteiger partial charge is 0.335 e. The molecule has 0 aliphatic rings. The van der Waals surface area contributed by atoms with E-state index in [-0.39, 0.29) is 11.4 Å². The van der Waals surface area contributed by atoms with Crippen LogP contribution >= 0.6 is 0 Å². The van der Waals surface area contributed by atoms with Crippen molar-refractivity contribution in [1.29, 1.82) is 0 Å². The Labute approximate surface area is 109 Å². The minimum Gasteiger partial charge on any atom is -0.494 e. The highest BCUT2D eigenvalue weighted by atomic mass is 16.3. The molecule has 102 valence electrons. The number of aromatic hydroxyl groups is 1. The fourth-order valence-corrected chi connectivity index (χ4v) is 2.06. The fraction of sp³-hybridized carbons (Fsp3) is 0.417. The molecule has 0 aliphatic heterocycles. The monoisotopic (exact) mass is 264 g/mol. The Kier molecular flexibility index (Phi) is 3.28. The van der Waals surface area contributed by atoms with Gasteiger partial charge < -0.3 is 5.11 Å². The van der Waals surface area contributed by atoms with Gasteiger partial charge in [0.05, 0.1) is 16.9 Å². The van der Waals surface area contributed by atoms with Crippen molar-refractivity contribution in [3.8, 4) is 11.6 Å². The second kappa shape index (κ2) is 4.75.